The highest BCUT2D eigenvalue weighted by Crippen LogP contribution is 2.26. The lowest BCUT2D eigenvalue weighted by molar-refractivity contribution is -0.119. The number of nitrogens with one attached hydrogen (secondary N) is 1. The fourth-order valence-corrected chi connectivity index (χ4v) is 4.17. The minimum Gasteiger partial charge on any atom is -0.497 e. The van der Waals surface area contributed by atoms with Gasteiger partial charge in [0.25, 0.3) is 17.7 Å². The number of esters is 1. The van der Waals surface area contributed by atoms with E-state index in [1.807, 2.05) is 56.3 Å². The number of rotatable bonds is 9. The van der Waals surface area contributed by atoms with Crippen LogP contribution in [0, 0.1) is 0 Å². The maximum Gasteiger partial charge on any atom is 0.338 e. The van der Waals surface area contributed by atoms with Gasteiger partial charge >= 0.3 is 5.97 Å². The molecule has 0 saturated heterocycles. The van der Waals surface area contributed by atoms with E-state index in [0.717, 1.165) is 16.9 Å². The van der Waals surface area contributed by atoms with Crippen molar-refractivity contribution in [3.8, 4) is 5.75 Å². The number of ether oxygens (including phenoxy) is 2. The van der Waals surface area contributed by atoms with Crippen molar-refractivity contribution in [2.75, 3.05) is 25.6 Å². The number of hydrogen-bond acceptors (Lipinski definition) is 6. The van der Waals surface area contributed by atoms with Gasteiger partial charge in [0.1, 0.15) is 5.75 Å². The first-order valence-corrected chi connectivity index (χ1v) is 12.0. The summed E-state index contributed by atoms with van der Waals surface area (Å²) in [6, 6.07) is 19.0. The second kappa shape index (κ2) is 11.1. The first kappa shape index (κ1) is 25.6. The third-order valence-electron chi connectivity index (χ3n) is 6.18. The zero-order valence-electron chi connectivity index (χ0n) is 20.9. The van der Waals surface area contributed by atoms with Crippen molar-refractivity contribution in [3.05, 3.63) is 94.5 Å². The number of para-hydroxylation sites is 1. The molecule has 3 aromatic rings. The average Bonchev–Trinajstić information content (AvgIpc) is 3.15. The molecule has 8 nitrogen and oxygen atoms in total. The van der Waals surface area contributed by atoms with Crippen LogP contribution >= 0.6 is 0 Å². The Balaban J connectivity index is 1.37. The van der Waals surface area contributed by atoms with Gasteiger partial charge in [-0.05, 0) is 59.9 Å². The topological polar surface area (TPSA) is 102 Å². The minimum absolute atomic E-state index is 0.0901. The number of carbonyl (C=O) groups excluding carboxylic acids is 4. The Morgan fingerprint density at radius 2 is 1.62 bits per heavy atom. The van der Waals surface area contributed by atoms with Gasteiger partial charge in [0, 0.05) is 12.2 Å². The van der Waals surface area contributed by atoms with Crippen molar-refractivity contribution in [1.29, 1.82) is 0 Å². The van der Waals surface area contributed by atoms with E-state index in [0.29, 0.717) is 12.1 Å². The maximum absolute atomic E-state index is 12.9. The average molecular weight is 501 g/mol. The Hall–Kier alpha value is -4.46. The predicted molar refractivity (Wildman–Crippen MR) is 138 cm³/mol. The van der Waals surface area contributed by atoms with Crippen LogP contribution in [0.3, 0.4) is 0 Å². The molecule has 0 fully saturated rings. The minimum atomic E-state index is -0.757. The van der Waals surface area contributed by atoms with Gasteiger partial charge in [-0.25, -0.2) is 4.79 Å². The van der Waals surface area contributed by atoms with Gasteiger partial charge < -0.3 is 14.8 Å². The van der Waals surface area contributed by atoms with Crippen LogP contribution in [0.1, 0.15) is 62.0 Å². The molecule has 1 aliphatic heterocycles. The lowest BCUT2D eigenvalue weighted by Crippen LogP contribution is -2.31. The van der Waals surface area contributed by atoms with E-state index in [-0.39, 0.29) is 29.2 Å². The van der Waals surface area contributed by atoms with E-state index in [4.69, 9.17) is 9.47 Å². The summed E-state index contributed by atoms with van der Waals surface area (Å²) >= 11 is 0. The summed E-state index contributed by atoms with van der Waals surface area (Å²) < 4.78 is 10.3. The number of imide groups is 1. The Morgan fingerprint density at radius 3 is 2.32 bits per heavy atom. The molecule has 190 valence electrons. The van der Waals surface area contributed by atoms with Crippen LogP contribution in [-0.4, -0.2) is 48.9 Å². The lowest BCUT2D eigenvalue weighted by Gasteiger charge is -2.14. The van der Waals surface area contributed by atoms with Crippen molar-refractivity contribution in [1.82, 2.24) is 4.90 Å². The van der Waals surface area contributed by atoms with Crippen LogP contribution in [0.2, 0.25) is 0 Å². The van der Waals surface area contributed by atoms with Gasteiger partial charge in [0.05, 0.1) is 23.8 Å². The smallest absolute Gasteiger partial charge is 0.338 e. The van der Waals surface area contributed by atoms with Gasteiger partial charge in [-0.15, -0.1) is 0 Å². The van der Waals surface area contributed by atoms with Crippen LogP contribution in [0.25, 0.3) is 0 Å². The van der Waals surface area contributed by atoms with Crippen molar-refractivity contribution >= 4 is 29.4 Å². The molecule has 1 aliphatic rings. The summed E-state index contributed by atoms with van der Waals surface area (Å²) in [5, 5.41) is 2.76. The van der Waals surface area contributed by atoms with E-state index >= 15 is 0 Å². The molecule has 0 atom stereocenters. The molecular formula is C29H28N2O6. The van der Waals surface area contributed by atoms with E-state index in [9.17, 15) is 19.2 Å². The largest absolute Gasteiger partial charge is 0.497 e. The van der Waals surface area contributed by atoms with Crippen LogP contribution in [0.4, 0.5) is 5.69 Å². The molecule has 0 spiro atoms. The van der Waals surface area contributed by atoms with Gasteiger partial charge in [0.2, 0.25) is 0 Å². The van der Waals surface area contributed by atoms with Gasteiger partial charge in [-0.3, -0.25) is 19.3 Å². The zero-order valence-corrected chi connectivity index (χ0v) is 20.9. The molecule has 0 aromatic heterocycles. The van der Waals surface area contributed by atoms with Crippen molar-refractivity contribution in [3.63, 3.8) is 0 Å². The molecule has 0 saturated carbocycles. The quantitative estimate of drug-likeness (QED) is 0.344. The highest BCUT2D eigenvalue weighted by Gasteiger charge is 2.35. The molecule has 0 aliphatic carbocycles. The number of benzene rings is 3. The molecule has 0 radical (unpaired) electrons. The fraction of sp³-hybridized carbons (Fsp3) is 0.241. The summed E-state index contributed by atoms with van der Waals surface area (Å²) in [6.07, 6.45) is 0.486. The molecule has 37 heavy (non-hydrogen) atoms. The Kier molecular flexibility index (Phi) is 7.67. The lowest BCUT2D eigenvalue weighted by atomic mass is 10.0. The Morgan fingerprint density at radius 1 is 0.919 bits per heavy atom. The first-order valence-electron chi connectivity index (χ1n) is 12.0. The molecular weight excluding hydrogens is 472 g/mol. The molecule has 8 heteroatoms. The number of carbonyl (C=O) groups is 4. The summed E-state index contributed by atoms with van der Waals surface area (Å²) in [6.45, 7) is 3.76. The highest BCUT2D eigenvalue weighted by atomic mass is 16.5. The molecule has 1 N–H and O–H groups in total. The number of fused-ring (bicyclic) bond motifs is 1. The SMILES string of the molecule is COc1ccc(CCN2C(=O)c3ccc(C(=O)OCC(=O)Nc4ccccc4C(C)C)cc3C2=O)cc1. The molecule has 3 amide bonds. The van der Waals surface area contributed by atoms with Crippen LogP contribution in [0.5, 0.6) is 5.75 Å². The number of nitrogens with zero attached hydrogens (tertiary/aromatic N) is 1. The molecule has 4 rings (SSSR count). The predicted octanol–water partition coefficient (Wildman–Crippen LogP) is 4.45. The molecule has 3 aromatic carbocycles. The number of amides is 3. The summed E-state index contributed by atoms with van der Waals surface area (Å²) in [4.78, 5) is 51.8. The van der Waals surface area contributed by atoms with Crippen molar-refractivity contribution in [2.24, 2.45) is 0 Å². The standard InChI is InChI=1S/C29H28N2O6/c1-18(2)22-6-4-5-7-25(22)30-26(32)17-37-29(35)20-10-13-23-24(16-20)28(34)31(27(23)33)15-14-19-8-11-21(36-3)12-9-19/h4-13,16,18H,14-15,17H2,1-3H3,(H,30,32). The van der Waals surface area contributed by atoms with Crippen LogP contribution < -0.4 is 10.1 Å². The third kappa shape index (κ3) is 5.69. The molecule has 0 unspecified atom stereocenters. The summed E-state index contributed by atoms with van der Waals surface area (Å²) in [5.41, 5.74) is 3.06. The van der Waals surface area contributed by atoms with E-state index in [2.05, 4.69) is 5.32 Å². The van der Waals surface area contributed by atoms with Crippen molar-refractivity contribution in [2.45, 2.75) is 26.2 Å². The first-order chi connectivity index (χ1) is 17.8. The van der Waals surface area contributed by atoms with Crippen LogP contribution in [0.15, 0.2) is 66.7 Å². The van der Waals surface area contributed by atoms with E-state index in [1.54, 1.807) is 13.2 Å². The van der Waals surface area contributed by atoms with Crippen LogP contribution in [-0.2, 0) is 16.0 Å². The number of methoxy groups -OCH3 is 1. The van der Waals surface area contributed by atoms with Crippen molar-refractivity contribution < 1.29 is 28.7 Å². The van der Waals surface area contributed by atoms with Gasteiger partial charge in [-0.1, -0.05) is 44.2 Å². The molecule has 1 heterocycles. The Labute approximate surface area is 215 Å². The molecule has 0 bridgehead atoms. The highest BCUT2D eigenvalue weighted by molar-refractivity contribution is 6.22. The fourth-order valence-electron chi connectivity index (χ4n) is 4.17. The van der Waals surface area contributed by atoms with Gasteiger partial charge in [-0.2, -0.15) is 0 Å². The second-order valence-corrected chi connectivity index (χ2v) is 8.99. The summed E-state index contributed by atoms with van der Waals surface area (Å²) in [5.74, 6) is -1.17. The third-order valence-corrected chi connectivity index (χ3v) is 6.18. The van der Waals surface area contributed by atoms with E-state index in [1.165, 1.54) is 23.1 Å². The number of anilines is 1. The number of hydrogen-bond donors (Lipinski definition) is 1. The van der Waals surface area contributed by atoms with Gasteiger partial charge in [0.15, 0.2) is 6.61 Å². The van der Waals surface area contributed by atoms with E-state index < -0.39 is 30.3 Å². The maximum atomic E-state index is 12.9. The monoisotopic (exact) mass is 500 g/mol. The normalized spacial score (nSPS) is 12.5. The Bertz CT molecular complexity index is 1350. The summed E-state index contributed by atoms with van der Waals surface area (Å²) in [7, 11) is 1.58. The zero-order chi connectivity index (χ0) is 26.5. The second-order valence-electron chi connectivity index (χ2n) is 8.99.